The molecule has 1 amide bonds. The Morgan fingerprint density at radius 1 is 1.03 bits per heavy atom. The van der Waals surface area contributed by atoms with Crippen LogP contribution in [0.25, 0.3) is 11.5 Å². The molecule has 7 nitrogen and oxygen atoms in total. The van der Waals surface area contributed by atoms with E-state index in [9.17, 15) is 4.79 Å². The van der Waals surface area contributed by atoms with Gasteiger partial charge in [0.2, 0.25) is 0 Å². The third kappa shape index (κ3) is 4.30. The van der Waals surface area contributed by atoms with Crippen LogP contribution in [0, 0.1) is 13.8 Å². The first-order valence-corrected chi connectivity index (χ1v) is 9.76. The first kappa shape index (κ1) is 19.1. The van der Waals surface area contributed by atoms with Crippen LogP contribution in [0.15, 0.2) is 47.0 Å². The van der Waals surface area contributed by atoms with Crippen molar-refractivity contribution in [2.24, 2.45) is 0 Å². The number of hydrogen-bond donors (Lipinski definition) is 1. The smallest absolute Gasteiger partial charge is 0.257 e. The third-order valence-corrected chi connectivity index (χ3v) is 5.25. The lowest BCUT2D eigenvalue weighted by atomic mass is 10.1. The van der Waals surface area contributed by atoms with Gasteiger partial charge in [0.05, 0.1) is 0 Å². The van der Waals surface area contributed by atoms with Crippen LogP contribution in [0.5, 0.6) is 0 Å². The number of benzene rings is 2. The second kappa shape index (κ2) is 8.05. The average molecular weight is 391 g/mol. The fraction of sp³-hybridized carbons (Fsp3) is 0.318. The molecule has 0 unspecified atom stereocenters. The maximum atomic E-state index is 12.7. The van der Waals surface area contributed by atoms with Gasteiger partial charge >= 0.3 is 0 Å². The van der Waals surface area contributed by atoms with E-state index in [2.05, 4.69) is 44.4 Å². The Bertz CT molecular complexity index is 1000. The first-order chi connectivity index (χ1) is 14.0. The van der Waals surface area contributed by atoms with Gasteiger partial charge in [-0.15, -0.1) is 0 Å². The maximum Gasteiger partial charge on any atom is 0.257 e. The summed E-state index contributed by atoms with van der Waals surface area (Å²) in [5.74, 6) is 0.885. The molecule has 1 N–H and O–H groups in total. The SMILES string of the molecule is Cc1noc(-c2ccc(C(=O)Nc3ccc(N4CCN(C)CC4)cc3C)cc2)n1. The lowest BCUT2D eigenvalue weighted by molar-refractivity contribution is 0.102. The molecule has 2 aromatic carbocycles. The number of rotatable bonds is 4. The van der Waals surface area contributed by atoms with Gasteiger partial charge in [-0.1, -0.05) is 5.16 Å². The van der Waals surface area contributed by atoms with Crippen molar-refractivity contribution < 1.29 is 9.32 Å². The molecule has 1 fully saturated rings. The molecule has 0 spiro atoms. The number of hydrogen-bond acceptors (Lipinski definition) is 6. The number of aryl methyl sites for hydroxylation is 2. The summed E-state index contributed by atoms with van der Waals surface area (Å²) < 4.78 is 5.16. The second-order valence-electron chi connectivity index (χ2n) is 7.47. The van der Waals surface area contributed by atoms with Crippen LogP contribution in [0.2, 0.25) is 0 Å². The van der Waals surface area contributed by atoms with E-state index in [0.717, 1.165) is 43.0 Å². The van der Waals surface area contributed by atoms with Gasteiger partial charge in [0.25, 0.3) is 11.8 Å². The van der Waals surface area contributed by atoms with Gasteiger partial charge in [0.1, 0.15) is 0 Å². The van der Waals surface area contributed by atoms with Crippen molar-refractivity contribution in [1.29, 1.82) is 0 Å². The summed E-state index contributed by atoms with van der Waals surface area (Å²) in [4.78, 5) is 21.6. The molecule has 7 heteroatoms. The quantitative estimate of drug-likeness (QED) is 0.735. The van der Waals surface area contributed by atoms with Crippen molar-refractivity contribution in [3.63, 3.8) is 0 Å². The van der Waals surface area contributed by atoms with Crippen LogP contribution in [0.4, 0.5) is 11.4 Å². The summed E-state index contributed by atoms with van der Waals surface area (Å²) in [6.45, 7) is 7.97. The molecule has 2 heterocycles. The molecular weight excluding hydrogens is 366 g/mol. The molecule has 3 aromatic rings. The summed E-state index contributed by atoms with van der Waals surface area (Å²) in [5.41, 5.74) is 4.44. The van der Waals surface area contributed by atoms with Crippen molar-refractivity contribution in [3.8, 4) is 11.5 Å². The largest absolute Gasteiger partial charge is 0.369 e. The monoisotopic (exact) mass is 391 g/mol. The molecule has 1 aliphatic rings. The number of aromatic nitrogens is 2. The van der Waals surface area contributed by atoms with Gasteiger partial charge in [-0.3, -0.25) is 4.79 Å². The maximum absolute atomic E-state index is 12.7. The Hall–Kier alpha value is -3.19. The van der Waals surface area contributed by atoms with E-state index < -0.39 is 0 Å². The van der Waals surface area contributed by atoms with Gasteiger partial charge in [-0.25, -0.2) is 0 Å². The van der Waals surface area contributed by atoms with Crippen LogP contribution < -0.4 is 10.2 Å². The van der Waals surface area contributed by atoms with Crippen molar-refractivity contribution in [1.82, 2.24) is 15.0 Å². The predicted molar refractivity (Wildman–Crippen MR) is 113 cm³/mol. The fourth-order valence-corrected chi connectivity index (χ4v) is 3.42. The molecular formula is C22H25N5O2. The Morgan fingerprint density at radius 2 is 1.76 bits per heavy atom. The van der Waals surface area contributed by atoms with Gasteiger partial charge < -0.3 is 19.6 Å². The highest BCUT2D eigenvalue weighted by Crippen LogP contribution is 2.24. The second-order valence-corrected chi connectivity index (χ2v) is 7.47. The van der Waals surface area contributed by atoms with Crippen LogP contribution in [-0.2, 0) is 0 Å². The van der Waals surface area contributed by atoms with Crippen molar-refractivity contribution in [3.05, 3.63) is 59.4 Å². The van der Waals surface area contributed by atoms with Gasteiger partial charge in [0, 0.05) is 48.7 Å². The highest BCUT2D eigenvalue weighted by Gasteiger charge is 2.16. The number of nitrogens with one attached hydrogen (secondary N) is 1. The number of likely N-dealkylation sites (N-methyl/N-ethyl adjacent to an activating group) is 1. The van der Waals surface area contributed by atoms with Crippen LogP contribution >= 0.6 is 0 Å². The van der Waals surface area contributed by atoms with Crippen LogP contribution in [0.3, 0.4) is 0 Å². The highest BCUT2D eigenvalue weighted by atomic mass is 16.5. The molecule has 1 aromatic heterocycles. The lowest BCUT2D eigenvalue weighted by Crippen LogP contribution is -2.44. The number of amides is 1. The number of carbonyl (C=O) groups is 1. The first-order valence-electron chi connectivity index (χ1n) is 9.76. The third-order valence-electron chi connectivity index (χ3n) is 5.25. The summed E-state index contributed by atoms with van der Waals surface area (Å²) in [6, 6.07) is 13.3. The molecule has 0 radical (unpaired) electrons. The number of nitrogens with zero attached hydrogens (tertiary/aromatic N) is 4. The minimum absolute atomic E-state index is 0.145. The van der Waals surface area contributed by atoms with Gasteiger partial charge in [0.15, 0.2) is 5.82 Å². The molecule has 29 heavy (non-hydrogen) atoms. The van der Waals surface area contributed by atoms with Gasteiger partial charge in [-0.05, 0) is 68.9 Å². The lowest BCUT2D eigenvalue weighted by Gasteiger charge is -2.34. The number of anilines is 2. The zero-order valence-electron chi connectivity index (χ0n) is 17.0. The fourth-order valence-electron chi connectivity index (χ4n) is 3.42. The molecule has 4 rings (SSSR count). The molecule has 1 saturated heterocycles. The molecule has 0 bridgehead atoms. The molecule has 150 valence electrons. The Labute approximate surface area is 170 Å². The van der Waals surface area contributed by atoms with E-state index in [4.69, 9.17) is 4.52 Å². The summed E-state index contributed by atoms with van der Waals surface area (Å²) >= 11 is 0. The number of piperazine rings is 1. The van der Waals surface area contributed by atoms with E-state index in [1.807, 2.05) is 25.1 Å². The van der Waals surface area contributed by atoms with Crippen molar-refractivity contribution >= 4 is 17.3 Å². The van der Waals surface area contributed by atoms with E-state index in [-0.39, 0.29) is 5.91 Å². The van der Waals surface area contributed by atoms with Crippen LogP contribution in [0.1, 0.15) is 21.7 Å². The summed E-state index contributed by atoms with van der Waals surface area (Å²) in [7, 11) is 2.15. The molecule has 0 saturated carbocycles. The summed E-state index contributed by atoms with van der Waals surface area (Å²) in [6.07, 6.45) is 0. The zero-order chi connectivity index (χ0) is 20.4. The van der Waals surface area contributed by atoms with Crippen LogP contribution in [-0.4, -0.2) is 54.2 Å². The summed E-state index contributed by atoms with van der Waals surface area (Å²) in [5, 5.41) is 6.80. The standard InChI is InChI=1S/C22H25N5O2/c1-15-14-19(27-12-10-26(3)11-13-27)8-9-20(15)24-21(28)17-4-6-18(7-5-17)22-23-16(2)25-29-22/h4-9,14H,10-13H2,1-3H3,(H,24,28). The Kier molecular flexibility index (Phi) is 5.31. The normalized spacial score (nSPS) is 14.8. The van der Waals surface area contributed by atoms with Gasteiger partial charge in [-0.2, -0.15) is 4.98 Å². The van der Waals surface area contributed by atoms with Crippen molar-refractivity contribution in [2.45, 2.75) is 13.8 Å². The topological polar surface area (TPSA) is 74.5 Å². The van der Waals surface area contributed by atoms with Crippen molar-refractivity contribution in [2.75, 3.05) is 43.4 Å². The molecule has 0 aliphatic carbocycles. The Morgan fingerprint density at radius 3 is 2.38 bits per heavy atom. The van der Waals surface area contributed by atoms with E-state index in [1.54, 1.807) is 19.1 Å². The zero-order valence-corrected chi connectivity index (χ0v) is 17.0. The highest BCUT2D eigenvalue weighted by molar-refractivity contribution is 6.04. The van der Waals surface area contributed by atoms with E-state index in [0.29, 0.717) is 17.3 Å². The van der Waals surface area contributed by atoms with E-state index >= 15 is 0 Å². The number of carbonyl (C=O) groups excluding carboxylic acids is 1. The van der Waals surface area contributed by atoms with E-state index in [1.165, 1.54) is 5.69 Å². The minimum atomic E-state index is -0.145. The predicted octanol–water partition coefficient (Wildman–Crippen LogP) is 3.36. The molecule has 1 aliphatic heterocycles. The molecule has 0 atom stereocenters. The Balaban J connectivity index is 1.44. The minimum Gasteiger partial charge on any atom is -0.369 e. The average Bonchev–Trinajstić information content (AvgIpc) is 3.16.